The molecule has 3 fully saturated rings. The normalized spacial score (nSPS) is 29.7. The molecule has 11 heteroatoms. The second kappa shape index (κ2) is 9.03. The summed E-state index contributed by atoms with van der Waals surface area (Å²) in [7, 11) is -2.15. The fraction of sp³-hybridized carbons (Fsp3) is 0.682. The van der Waals surface area contributed by atoms with Crippen LogP contribution in [0.2, 0.25) is 0 Å². The molecule has 3 N–H and O–H groups in total. The molecule has 1 aromatic carbocycles. The number of sulfonamides is 1. The molecule has 5 rings (SSSR count). The third kappa shape index (κ3) is 4.44. The van der Waals surface area contributed by atoms with Gasteiger partial charge in [0.05, 0.1) is 43.3 Å². The zero-order chi connectivity index (χ0) is 23.2. The summed E-state index contributed by atoms with van der Waals surface area (Å²) >= 11 is 0. The number of nitrogens with one attached hydrogen (secondary N) is 3. The summed E-state index contributed by atoms with van der Waals surface area (Å²) in [5.74, 6) is 0.960. The lowest BCUT2D eigenvalue weighted by Crippen LogP contribution is -2.53. The number of carbonyl (C=O) groups excluding carboxylic acids is 1. The fourth-order valence-corrected chi connectivity index (χ4v) is 7.46. The molecule has 33 heavy (non-hydrogen) atoms. The van der Waals surface area contributed by atoms with Gasteiger partial charge in [0.25, 0.3) is 0 Å². The van der Waals surface area contributed by atoms with Gasteiger partial charge in [0, 0.05) is 31.4 Å². The number of likely N-dealkylation sites (N-methyl/N-ethyl adjacent to an activating group) is 1. The van der Waals surface area contributed by atoms with Crippen LogP contribution in [-0.4, -0.2) is 82.5 Å². The van der Waals surface area contributed by atoms with Gasteiger partial charge in [-0.05, 0) is 36.8 Å². The molecule has 2 saturated heterocycles. The number of benzene rings is 1. The molecule has 1 aromatic rings. The molecule has 1 aliphatic carbocycles. The molecular formula is C22H33N5O5S. The number of rotatable bonds is 6. The van der Waals surface area contributed by atoms with E-state index in [-0.39, 0.29) is 24.4 Å². The lowest BCUT2D eigenvalue weighted by atomic mass is 9.79. The molecule has 4 unspecified atom stereocenters. The summed E-state index contributed by atoms with van der Waals surface area (Å²) < 4.78 is 39.0. The molecule has 10 nitrogen and oxygen atoms in total. The van der Waals surface area contributed by atoms with E-state index in [4.69, 9.17) is 9.47 Å². The number of fused-ring (bicyclic) bond motifs is 2. The molecule has 1 saturated carbocycles. The van der Waals surface area contributed by atoms with Crippen LogP contribution in [0.15, 0.2) is 18.2 Å². The van der Waals surface area contributed by atoms with E-state index in [0.29, 0.717) is 49.6 Å². The molecule has 4 aliphatic rings. The van der Waals surface area contributed by atoms with Gasteiger partial charge in [0.1, 0.15) is 12.4 Å². The molecule has 0 aromatic heterocycles. The first-order valence-corrected chi connectivity index (χ1v) is 13.2. The van der Waals surface area contributed by atoms with Crippen LogP contribution in [0.4, 0.5) is 11.4 Å². The zero-order valence-corrected chi connectivity index (χ0v) is 19.9. The van der Waals surface area contributed by atoms with Crippen molar-refractivity contribution in [2.24, 2.45) is 11.8 Å². The molecule has 1 amide bonds. The van der Waals surface area contributed by atoms with Gasteiger partial charge in [-0.1, -0.05) is 6.92 Å². The Labute approximate surface area is 195 Å². The number of hydrazine groups is 1. The van der Waals surface area contributed by atoms with Crippen LogP contribution in [0.25, 0.3) is 0 Å². The lowest BCUT2D eigenvalue weighted by molar-refractivity contribution is -0.116. The monoisotopic (exact) mass is 479 g/mol. The average Bonchev–Trinajstić information content (AvgIpc) is 3.20. The van der Waals surface area contributed by atoms with Gasteiger partial charge < -0.3 is 19.7 Å². The van der Waals surface area contributed by atoms with E-state index in [1.54, 1.807) is 6.07 Å². The van der Waals surface area contributed by atoms with E-state index in [2.05, 4.69) is 28.0 Å². The lowest BCUT2D eigenvalue weighted by Gasteiger charge is -2.41. The summed E-state index contributed by atoms with van der Waals surface area (Å²) in [4.78, 5) is 15.0. The maximum Gasteiger partial charge on any atom is 0.239 e. The van der Waals surface area contributed by atoms with Crippen molar-refractivity contribution in [1.29, 1.82) is 0 Å². The minimum Gasteiger partial charge on any atom is -0.489 e. The maximum atomic E-state index is 13.3. The smallest absolute Gasteiger partial charge is 0.239 e. The molecular weight excluding hydrogens is 446 g/mol. The fourth-order valence-electron chi connectivity index (χ4n) is 5.47. The standard InChI is InChI=1S/C22H33N5O5S/c1-14-7-15-10-23-25-22(15)20(8-14)33(29,30)26(2)11-21(28)24-16-3-4-18-19(9-16)32-6-5-27(18)17-12-31-13-17/h3-4,9,14-15,17,20,22-23,25H,5-8,10-13H2,1-2H3,(H,24,28). The zero-order valence-electron chi connectivity index (χ0n) is 19.1. The van der Waals surface area contributed by atoms with Crippen LogP contribution < -0.4 is 25.8 Å². The van der Waals surface area contributed by atoms with E-state index in [1.165, 1.54) is 11.4 Å². The first kappa shape index (κ1) is 22.9. The van der Waals surface area contributed by atoms with Crippen molar-refractivity contribution in [3.63, 3.8) is 0 Å². The Bertz CT molecular complexity index is 1000. The Balaban J connectivity index is 1.23. The molecule has 182 valence electrons. The molecule has 3 heterocycles. The first-order valence-electron chi connectivity index (χ1n) is 11.7. The van der Waals surface area contributed by atoms with Crippen molar-refractivity contribution >= 4 is 27.3 Å². The van der Waals surface area contributed by atoms with Crippen LogP contribution >= 0.6 is 0 Å². The summed E-state index contributed by atoms with van der Waals surface area (Å²) in [6.07, 6.45) is 1.60. The van der Waals surface area contributed by atoms with Gasteiger partial charge in [-0.3, -0.25) is 15.6 Å². The number of hydrogen-bond donors (Lipinski definition) is 3. The molecule has 0 radical (unpaired) electrons. The number of carbonyl (C=O) groups is 1. The SMILES string of the molecule is CC1CC2CNNC2C(S(=O)(=O)N(C)CC(=O)Nc2ccc3c(c2)OCCN3C2COC2)C1. The van der Waals surface area contributed by atoms with Crippen LogP contribution in [0.1, 0.15) is 19.8 Å². The van der Waals surface area contributed by atoms with Gasteiger partial charge in [-0.15, -0.1) is 0 Å². The summed E-state index contributed by atoms with van der Waals surface area (Å²) in [6, 6.07) is 5.80. The minimum absolute atomic E-state index is 0.126. The minimum atomic E-state index is -3.64. The highest BCUT2D eigenvalue weighted by atomic mass is 32.2. The Kier molecular flexibility index (Phi) is 6.25. The Morgan fingerprint density at radius 2 is 2.12 bits per heavy atom. The van der Waals surface area contributed by atoms with E-state index in [0.717, 1.165) is 25.2 Å². The maximum absolute atomic E-state index is 13.3. The number of hydrogen-bond acceptors (Lipinski definition) is 8. The van der Waals surface area contributed by atoms with Crippen LogP contribution in [0.5, 0.6) is 5.75 Å². The third-order valence-electron chi connectivity index (χ3n) is 7.27. The Morgan fingerprint density at radius 1 is 1.30 bits per heavy atom. The van der Waals surface area contributed by atoms with Crippen molar-refractivity contribution in [2.45, 2.75) is 37.1 Å². The van der Waals surface area contributed by atoms with Crippen molar-refractivity contribution in [3.8, 4) is 5.75 Å². The predicted molar refractivity (Wildman–Crippen MR) is 125 cm³/mol. The molecule has 0 bridgehead atoms. The first-order chi connectivity index (χ1) is 15.8. The van der Waals surface area contributed by atoms with Crippen LogP contribution in [-0.2, 0) is 19.6 Å². The van der Waals surface area contributed by atoms with Crippen molar-refractivity contribution < 1.29 is 22.7 Å². The third-order valence-corrected chi connectivity index (χ3v) is 9.52. The van der Waals surface area contributed by atoms with E-state index in [1.807, 2.05) is 12.1 Å². The van der Waals surface area contributed by atoms with Gasteiger partial charge in [0.2, 0.25) is 15.9 Å². The van der Waals surface area contributed by atoms with Crippen molar-refractivity contribution in [3.05, 3.63) is 18.2 Å². The molecule has 3 aliphatic heterocycles. The molecule has 0 spiro atoms. The summed E-state index contributed by atoms with van der Waals surface area (Å²) in [5.41, 5.74) is 7.84. The van der Waals surface area contributed by atoms with Crippen LogP contribution in [0, 0.1) is 11.8 Å². The predicted octanol–water partition coefficient (Wildman–Crippen LogP) is 0.375. The second-order valence-electron chi connectivity index (χ2n) is 9.69. The Hall–Kier alpha value is -1.92. The highest BCUT2D eigenvalue weighted by Gasteiger charge is 2.47. The number of amides is 1. The van der Waals surface area contributed by atoms with Gasteiger partial charge in [-0.25, -0.2) is 8.42 Å². The van der Waals surface area contributed by atoms with Gasteiger partial charge >= 0.3 is 0 Å². The Morgan fingerprint density at radius 3 is 2.88 bits per heavy atom. The van der Waals surface area contributed by atoms with Crippen molar-refractivity contribution in [2.75, 3.05) is 56.7 Å². The number of anilines is 2. The quantitative estimate of drug-likeness (QED) is 0.537. The number of ether oxygens (including phenoxy) is 2. The van der Waals surface area contributed by atoms with Crippen LogP contribution in [0.3, 0.4) is 0 Å². The van der Waals surface area contributed by atoms with Crippen molar-refractivity contribution in [1.82, 2.24) is 15.2 Å². The largest absolute Gasteiger partial charge is 0.489 e. The van der Waals surface area contributed by atoms with E-state index >= 15 is 0 Å². The highest BCUT2D eigenvalue weighted by Crippen LogP contribution is 2.37. The number of nitrogens with zero attached hydrogens (tertiary/aromatic N) is 2. The van der Waals surface area contributed by atoms with E-state index in [9.17, 15) is 13.2 Å². The summed E-state index contributed by atoms with van der Waals surface area (Å²) in [6.45, 7) is 5.45. The average molecular weight is 480 g/mol. The molecule has 4 atom stereocenters. The van der Waals surface area contributed by atoms with Gasteiger partial charge in [-0.2, -0.15) is 4.31 Å². The van der Waals surface area contributed by atoms with E-state index < -0.39 is 15.3 Å². The van der Waals surface area contributed by atoms with Gasteiger partial charge in [0.15, 0.2) is 0 Å². The summed E-state index contributed by atoms with van der Waals surface area (Å²) in [5, 5.41) is 2.29. The highest BCUT2D eigenvalue weighted by molar-refractivity contribution is 7.89. The topological polar surface area (TPSA) is 112 Å². The second-order valence-corrected chi connectivity index (χ2v) is 11.9.